The van der Waals surface area contributed by atoms with E-state index in [9.17, 15) is 9.90 Å². The van der Waals surface area contributed by atoms with Crippen molar-refractivity contribution in [2.24, 2.45) is 17.6 Å². The molecule has 0 aromatic carbocycles. The second-order valence-electron chi connectivity index (χ2n) is 6.13. The van der Waals surface area contributed by atoms with Gasteiger partial charge in [-0.05, 0) is 32.1 Å². The van der Waals surface area contributed by atoms with Crippen LogP contribution in [0.15, 0.2) is 0 Å². The monoisotopic (exact) mass is 270 g/mol. The summed E-state index contributed by atoms with van der Waals surface area (Å²) < 4.78 is 5.48. The van der Waals surface area contributed by atoms with Crippen molar-refractivity contribution in [3.63, 3.8) is 0 Å². The zero-order valence-corrected chi connectivity index (χ0v) is 11.9. The SMILES string of the molecule is CC1CC(C(=O)N2CC(CO)OCC2C)CCC1N. The molecule has 2 rings (SSSR count). The summed E-state index contributed by atoms with van der Waals surface area (Å²) in [5.74, 6) is 0.718. The number of ether oxygens (including phenoxy) is 1. The highest BCUT2D eigenvalue weighted by Gasteiger charge is 2.36. The highest BCUT2D eigenvalue weighted by molar-refractivity contribution is 5.79. The van der Waals surface area contributed by atoms with Crippen LogP contribution in [0, 0.1) is 11.8 Å². The molecule has 0 bridgehead atoms. The Morgan fingerprint density at radius 1 is 1.42 bits per heavy atom. The van der Waals surface area contributed by atoms with Gasteiger partial charge in [-0.25, -0.2) is 0 Å². The summed E-state index contributed by atoms with van der Waals surface area (Å²) in [6.07, 6.45) is 2.47. The fraction of sp³-hybridized carbons (Fsp3) is 0.929. The quantitative estimate of drug-likeness (QED) is 0.759. The minimum absolute atomic E-state index is 0.0254. The van der Waals surface area contributed by atoms with E-state index in [0.29, 0.717) is 19.1 Å². The Labute approximate surface area is 115 Å². The molecule has 5 atom stereocenters. The Morgan fingerprint density at radius 2 is 2.16 bits per heavy atom. The number of nitrogens with two attached hydrogens (primary N) is 1. The molecule has 1 heterocycles. The molecule has 1 amide bonds. The Balaban J connectivity index is 1.98. The van der Waals surface area contributed by atoms with Gasteiger partial charge in [0.15, 0.2) is 0 Å². The maximum Gasteiger partial charge on any atom is 0.226 e. The molecule has 0 aromatic rings. The van der Waals surface area contributed by atoms with E-state index in [4.69, 9.17) is 10.5 Å². The first-order chi connectivity index (χ1) is 9.02. The molecule has 5 heteroatoms. The Bertz CT molecular complexity index is 324. The molecular weight excluding hydrogens is 244 g/mol. The van der Waals surface area contributed by atoms with Crippen LogP contribution in [-0.4, -0.2) is 53.9 Å². The van der Waals surface area contributed by atoms with Crippen LogP contribution in [0.2, 0.25) is 0 Å². The van der Waals surface area contributed by atoms with Crippen LogP contribution in [0.4, 0.5) is 0 Å². The van der Waals surface area contributed by atoms with Crippen molar-refractivity contribution >= 4 is 5.91 Å². The van der Waals surface area contributed by atoms with Gasteiger partial charge >= 0.3 is 0 Å². The van der Waals surface area contributed by atoms with Gasteiger partial charge < -0.3 is 20.5 Å². The van der Waals surface area contributed by atoms with Gasteiger partial charge in [0.25, 0.3) is 0 Å². The van der Waals surface area contributed by atoms with E-state index in [-0.39, 0.29) is 36.6 Å². The van der Waals surface area contributed by atoms with E-state index in [1.807, 2.05) is 11.8 Å². The number of nitrogens with zero attached hydrogens (tertiary/aromatic N) is 1. The van der Waals surface area contributed by atoms with Crippen molar-refractivity contribution in [3.8, 4) is 0 Å². The summed E-state index contributed by atoms with van der Waals surface area (Å²) in [7, 11) is 0. The Hall–Kier alpha value is -0.650. The Kier molecular flexibility index (Phi) is 4.81. The van der Waals surface area contributed by atoms with Gasteiger partial charge in [0.05, 0.1) is 25.4 Å². The normalized spacial score (nSPS) is 40.2. The number of aliphatic hydroxyl groups is 1. The summed E-state index contributed by atoms with van der Waals surface area (Å²) in [6, 6.07) is 0.331. The average Bonchev–Trinajstić information content (AvgIpc) is 2.41. The summed E-state index contributed by atoms with van der Waals surface area (Å²) >= 11 is 0. The fourth-order valence-corrected chi connectivity index (χ4v) is 3.11. The smallest absolute Gasteiger partial charge is 0.226 e. The number of aliphatic hydroxyl groups excluding tert-OH is 1. The fourth-order valence-electron chi connectivity index (χ4n) is 3.11. The van der Waals surface area contributed by atoms with Crippen molar-refractivity contribution in [1.82, 2.24) is 4.90 Å². The molecule has 1 aliphatic carbocycles. The molecule has 2 fully saturated rings. The van der Waals surface area contributed by atoms with Crippen LogP contribution >= 0.6 is 0 Å². The number of morpholine rings is 1. The number of carbonyl (C=O) groups is 1. The topological polar surface area (TPSA) is 75.8 Å². The molecular formula is C14H26N2O3. The van der Waals surface area contributed by atoms with Crippen LogP contribution in [-0.2, 0) is 9.53 Å². The second-order valence-corrected chi connectivity index (χ2v) is 6.13. The van der Waals surface area contributed by atoms with Crippen molar-refractivity contribution in [2.45, 2.75) is 51.3 Å². The van der Waals surface area contributed by atoms with Gasteiger partial charge in [0, 0.05) is 18.5 Å². The molecule has 0 aromatic heterocycles. The van der Waals surface area contributed by atoms with E-state index < -0.39 is 0 Å². The molecule has 3 N–H and O–H groups in total. The predicted octanol–water partition coefficient (Wildman–Crippen LogP) is 0.358. The maximum atomic E-state index is 12.6. The molecule has 1 aliphatic heterocycles. The molecule has 110 valence electrons. The lowest BCUT2D eigenvalue weighted by Gasteiger charge is -2.41. The predicted molar refractivity (Wildman–Crippen MR) is 72.5 cm³/mol. The first kappa shape index (κ1) is 14.8. The third kappa shape index (κ3) is 3.27. The number of amides is 1. The molecule has 19 heavy (non-hydrogen) atoms. The van der Waals surface area contributed by atoms with Crippen LogP contribution in [0.25, 0.3) is 0 Å². The summed E-state index contributed by atoms with van der Waals surface area (Å²) in [5.41, 5.74) is 6.01. The van der Waals surface area contributed by atoms with Crippen molar-refractivity contribution in [1.29, 1.82) is 0 Å². The van der Waals surface area contributed by atoms with Gasteiger partial charge in [-0.15, -0.1) is 0 Å². The van der Waals surface area contributed by atoms with Gasteiger partial charge in [-0.1, -0.05) is 6.92 Å². The van der Waals surface area contributed by atoms with Crippen LogP contribution in [0.1, 0.15) is 33.1 Å². The summed E-state index contributed by atoms with van der Waals surface area (Å²) in [5, 5.41) is 9.18. The van der Waals surface area contributed by atoms with Crippen molar-refractivity contribution < 1.29 is 14.6 Å². The minimum Gasteiger partial charge on any atom is -0.394 e. The zero-order chi connectivity index (χ0) is 14.0. The van der Waals surface area contributed by atoms with Crippen LogP contribution in [0.5, 0.6) is 0 Å². The zero-order valence-electron chi connectivity index (χ0n) is 11.9. The van der Waals surface area contributed by atoms with E-state index in [1.165, 1.54) is 0 Å². The van der Waals surface area contributed by atoms with Gasteiger partial charge in [0.2, 0.25) is 5.91 Å². The van der Waals surface area contributed by atoms with Crippen molar-refractivity contribution in [2.75, 3.05) is 19.8 Å². The molecule has 2 aliphatic rings. The van der Waals surface area contributed by atoms with Crippen molar-refractivity contribution in [3.05, 3.63) is 0 Å². The molecule has 1 saturated carbocycles. The van der Waals surface area contributed by atoms with E-state index in [0.717, 1.165) is 19.3 Å². The highest BCUT2D eigenvalue weighted by Crippen LogP contribution is 2.30. The third-order valence-corrected chi connectivity index (χ3v) is 4.58. The Morgan fingerprint density at radius 3 is 2.79 bits per heavy atom. The van der Waals surface area contributed by atoms with Crippen LogP contribution < -0.4 is 5.73 Å². The highest BCUT2D eigenvalue weighted by atomic mass is 16.5. The van der Waals surface area contributed by atoms with E-state index >= 15 is 0 Å². The first-order valence-electron chi connectivity index (χ1n) is 7.31. The lowest BCUT2D eigenvalue weighted by molar-refractivity contribution is -0.152. The standard InChI is InChI=1S/C14H26N2O3/c1-9-5-11(3-4-13(9)15)14(18)16-6-12(7-17)19-8-10(16)2/h9-13,17H,3-8,15H2,1-2H3. The molecule has 1 saturated heterocycles. The second kappa shape index (κ2) is 6.20. The van der Waals surface area contributed by atoms with E-state index in [1.54, 1.807) is 0 Å². The van der Waals surface area contributed by atoms with Gasteiger partial charge in [-0.2, -0.15) is 0 Å². The third-order valence-electron chi connectivity index (χ3n) is 4.58. The van der Waals surface area contributed by atoms with Gasteiger partial charge in [0.1, 0.15) is 0 Å². The lowest BCUT2D eigenvalue weighted by Crippen LogP contribution is -2.54. The molecule has 0 spiro atoms. The lowest BCUT2D eigenvalue weighted by atomic mass is 9.78. The molecule has 0 radical (unpaired) electrons. The van der Waals surface area contributed by atoms with Gasteiger partial charge in [-0.3, -0.25) is 4.79 Å². The first-order valence-corrected chi connectivity index (χ1v) is 7.31. The van der Waals surface area contributed by atoms with Crippen LogP contribution in [0.3, 0.4) is 0 Å². The number of hydrogen-bond acceptors (Lipinski definition) is 4. The molecule has 5 unspecified atom stereocenters. The molecule has 5 nitrogen and oxygen atoms in total. The van der Waals surface area contributed by atoms with E-state index in [2.05, 4.69) is 6.92 Å². The minimum atomic E-state index is -0.233. The number of carbonyl (C=O) groups excluding carboxylic acids is 1. The number of hydrogen-bond donors (Lipinski definition) is 2. The summed E-state index contributed by atoms with van der Waals surface area (Å²) in [6.45, 7) is 5.13. The maximum absolute atomic E-state index is 12.6. The number of rotatable bonds is 2. The summed E-state index contributed by atoms with van der Waals surface area (Å²) in [4.78, 5) is 14.5. The average molecular weight is 270 g/mol. The largest absolute Gasteiger partial charge is 0.394 e.